The van der Waals surface area contributed by atoms with Crippen LogP contribution in [0.3, 0.4) is 0 Å². The maximum atomic E-state index is 12.8. The standard InChI is InChI=1S/C22H22N2O3/c1-4-9-17-12-16(14-20(21(17)25)27-5-2)13-19-15(3)23-24(22(19)26)18-10-7-6-8-11-18/h4,6-8,10-14,23,25H,1,3,5,9H2,2H3/b19-13+. The van der Waals surface area contributed by atoms with Gasteiger partial charge in [0.1, 0.15) is 0 Å². The van der Waals surface area contributed by atoms with Gasteiger partial charge in [0.05, 0.1) is 22.9 Å². The molecule has 1 heterocycles. The highest BCUT2D eigenvalue weighted by Crippen LogP contribution is 2.32. The zero-order valence-corrected chi connectivity index (χ0v) is 15.2. The number of H-pyrrole nitrogens is 1. The first-order chi connectivity index (χ1) is 13.0. The van der Waals surface area contributed by atoms with Gasteiger partial charge in [-0.1, -0.05) is 30.9 Å². The molecule has 3 rings (SSSR count). The van der Waals surface area contributed by atoms with E-state index >= 15 is 0 Å². The van der Waals surface area contributed by atoms with Crippen molar-refractivity contribution in [3.8, 4) is 17.2 Å². The molecule has 0 amide bonds. The van der Waals surface area contributed by atoms with Crippen LogP contribution in [0, 0.1) is 0 Å². The molecule has 0 unspecified atom stereocenters. The van der Waals surface area contributed by atoms with Crippen molar-refractivity contribution in [2.45, 2.75) is 13.3 Å². The van der Waals surface area contributed by atoms with E-state index in [1.165, 1.54) is 4.68 Å². The topological polar surface area (TPSA) is 67.2 Å². The Kier molecular flexibility index (Phi) is 5.31. The molecule has 0 radical (unpaired) electrons. The van der Waals surface area contributed by atoms with E-state index in [2.05, 4.69) is 18.3 Å². The van der Waals surface area contributed by atoms with Gasteiger partial charge in [0.2, 0.25) is 0 Å². The van der Waals surface area contributed by atoms with Crippen LogP contribution < -0.4 is 20.9 Å². The zero-order chi connectivity index (χ0) is 19.4. The van der Waals surface area contributed by atoms with Crippen molar-refractivity contribution in [2.24, 2.45) is 0 Å². The molecule has 5 nitrogen and oxygen atoms in total. The van der Waals surface area contributed by atoms with Gasteiger partial charge in [-0.25, -0.2) is 4.68 Å². The van der Waals surface area contributed by atoms with E-state index in [4.69, 9.17) is 4.74 Å². The molecule has 2 aromatic carbocycles. The lowest BCUT2D eigenvalue weighted by atomic mass is 10.0. The van der Waals surface area contributed by atoms with Crippen molar-refractivity contribution in [1.82, 2.24) is 9.78 Å². The lowest BCUT2D eigenvalue weighted by Gasteiger charge is -2.10. The number of phenols is 1. The fourth-order valence-corrected chi connectivity index (χ4v) is 2.92. The maximum Gasteiger partial charge on any atom is 0.279 e. The number of hydrogen-bond donors (Lipinski definition) is 2. The van der Waals surface area contributed by atoms with Crippen LogP contribution in [0.2, 0.25) is 0 Å². The first-order valence-corrected chi connectivity index (χ1v) is 8.71. The predicted octanol–water partition coefficient (Wildman–Crippen LogP) is 2.24. The van der Waals surface area contributed by atoms with E-state index in [-0.39, 0.29) is 11.3 Å². The Labute approximate surface area is 157 Å². The molecule has 5 heteroatoms. The van der Waals surface area contributed by atoms with Gasteiger partial charge in [-0.3, -0.25) is 9.89 Å². The zero-order valence-electron chi connectivity index (χ0n) is 15.2. The Hall–Kier alpha value is -3.47. The van der Waals surface area contributed by atoms with Crippen molar-refractivity contribution in [3.63, 3.8) is 0 Å². The minimum atomic E-state index is -0.192. The summed E-state index contributed by atoms with van der Waals surface area (Å²) in [4.78, 5) is 12.8. The molecule has 0 atom stereocenters. The van der Waals surface area contributed by atoms with Crippen LogP contribution in [0.1, 0.15) is 18.1 Å². The smallest absolute Gasteiger partial charge is 0.279 e. The summed E-state index contributed by atoms with van der Waals surface area (Å²) in [6.45, 7) is 9.95. The Morgan fingerprint density at radius 3 is 2.67 bits per heavy atom. The SMILES string of the molecule is C=CCc1cc(/C=c2\c(=C)[nH]n(-c3ccccc3)c2=O)cc(OCC)c1O. The number of phenolic OH excluding ortho intramolecular Hbond substituents is 1. The minimum absolute atomic E-state index is 0.0968. The molecule has 0 aliphatic rings. The molecule has 2 N–H and O–H groups in total. The van der Waals surface area contributed by atoms with Crippen molar-refractivity contribution in [2.75, 3.05) is 6.61 Å². The highest BCUT2D eigenvalue weighted by Gasteiger charge is 2.10. The van der Waals surface area contributed by atoms with E-state index in [0.29, 0.717) is 34.9 Å². The van der Waals surface area contributed by atoms with E-state index < -0.39 is 0 Å². The van der Waals surface area contributed by atoms with Crippen molar-refractivity contribution in [1.29, 1.82) is 0 Å². The second-order valence-electron chi connectivity index (χ2n) is 6.08. The van der Waals surface area contributed by atoms with E-state index in [1.807, 2.05) is 43.3 Å². The fraction of sp³-hybridized carbons (Fsp3) is 0.136. The molecule has 1 aromatic heterocycles. The monoisotopic (exact) mass is 362 g/mol. The van der Waals surface area contributed by atoms with Crippen molar-refractivity contribution >= 4 is 12.7 Å². The van der Waals surface area contributed by atoms with Gasteiger partial charge >= 0.3 is 0 Å². The van der Waals surface area contributed by atoms with Crippen LogP contribution in [-0.2, 0) is 6.42 Å². The molecule has 0 fully saturated rings. The summed E-state index contributed by atoms with van der Waals surface area (Å²) in [5.74, 6) is 0.479. The number of rotatable bonds is 6. The first kappa shape index (κ1) is 18.3. The van der Waals surface area contributed by atoms with Crippen LogP contribution in [-0.4, -0.2) is 21.5 Å². The van der Waals surface area contributed by atoms with Gasteiger partial charge in [0.25, 0.3) is 5.56 Å². The molecule has 0 saturated heterocycles. The average Bonchev–Trinajstić information content (AvgIpc) is 2.94. The van der Waals surface area contributed by atoms with Crippen LogP contribution in [0.4, 0.5) is 0 Å². The number of allylic oxidation sites excluding steroid dienone is 1. The van der Waals surface area contributed by atoms with Crippen LogP contribution >= 0.6 is 0 Å². The molecule has 0 aliphatic heterocycles. The van der Waals surface area contributed by atoms with E-state index in [1.54, 1.807) is 18.2 Å². The van der Waals surface area contributed by atoms with Crippen LogP contribution in [0.15, 0.2) is 59.9 Å². The lowest BCUT2D eigenvalue weighted by Crippen LogP contribution is -2.33. The Morgan fingerprint density at radius 2 is 2.00 bits per heavy atom. The molecule has 0 bridgehead atoms. The van der Waals surface area contributed by atoms with Gasteiger partial charge < -0.3 is 9.84 Å². The molecular weight excluding hydrogens is 340 g/mol. The largest absolute Gasteiger partial charge is 0.504 e. The number of hydrogen-bond acceptors (Lipinski definition) is 3. The first-order valence-electron chi connectivity index (χ1n) is 8.71. The summed E-state index contributed by atoms with van der Waals surface area (Å²) in [6.07, 6.45) is 3.95. The third-order valence-electron chi connectivity index (χ3n) is 4.17. The van der Waals surface area contributed by atoms with Gasteiger partial charge in [0, 0.05) is 5.56 Å². The van der Waals surface area contributed by atoms with E-state index in [0.717, 1.165) is 11.3 Å². The second-order valence-corrected chi connectivity index (χ2v) is 6.08. The second kappa shape index (κ2) is 7.83. The Morgan fingerprint density at radius 1 is 1.26 bits per heavy atom. The number of aromatic hydroxyl groups is 1. The fourth-order valence-electron chi connectivity index (χ4n) is 2.92. The number of benzene rings is 2. The van der Waals surface area contributed by atoms with Gasteiger partial charge in [-0.2, -0.15) is 0 Å². The molecule has 0 aliphatic carbocycles. The van der Waals surface area contributed by atoms with Crippen LogP contribution in [0.5, 0.6) is 11.5 Å². The summed E-state index contributed by atoms with van der Waals surface area (Å²) >= 11 is 0. The van der Waals surface area contributed by atoms with Gasteiger partial charge in [0.15, 0.2) is 11.5 Å². The van der Waals surface area contributed by atoms with Crippen LogP contribution in [0.25, 0.3) is 18.3 Å². The Balaban J connectivity index is 2.18. The molecule has 138 valence electrons. The highest BCUT2D eigenvalue weighted by atomic mass is 16.5. The van der Waals surface area contributed by atoms with Gasteiger partial charge in [-0.05, 0) is 49.2 Å². The number of aromatic nitrogens is 2. The quantitative estimate of drug-likeness (QED) is 0.661. The average molecular weight is 362 g/mol. The van der Waals surface area contributed by atoms with Crippen molar-refractivity contribution in [3.05, 3.63) is 87.2 Å². The molecular formula is C22H22N2O3. The van der Waals surface area contributed by atoms with Gasteiger partial charge in [-0.15, -0.1) is 6.58 Å². The third kappa shape index (κ3) is 3.72. The number of nitrogens with one attached hydrogen (secondary N) is 1. The summed E-state index contributed by atoms with van der Waals surface area (Å²) in [6, 6.07) is 12.8. The summed E-state index contributed by atoms with van der Waals surface area (Å²) in [7, 11) is 0. The summed E-state index contributed by atoms with van der Waals surface area (Å²) < 4.78 is 6.99. The predicted molar refractivity (Wildman–Crippen MR) is 108 cm³/mol. The van der Waals surface area contributed by atoms with E-state index in [9.17, 15) is 9.90 Å². The molecule has 27 heavy (non-hydrogen) atoms. The lowest BCUT2D eigenvalue weighted by molar-refractivity contribution is 0.317. The number of nitrogens with zero attached hydrogens (tertiary/aromatic N) is 1. The normalized spacial score (nSPS) is 11.5. The minimum Gasteiger partial charge on any atom is -0.504 e. The highest BCUT2D eigenvalue weighted by molar-refractivity contribution is 5.59. The summed E-state index contributed by atoms with van der Waals surface area (Å²) in [5.41, 5.74) is 1.98. The Bertz CT molecular complexity index is 1120. The number of aromatic amines is 1. The van der Waals surface area contributed by atoms with Crippen molar-refractivity contribution < 1.29 is 9.84 Å². The number of para-hydroxylation sites is 1. The maximum absolute atomic E-state index is 12.8. The number of ether oxygens (including phenoxy) is 1. The molecule has 0 saturated carbocycles. The molecule has 0 spiro atoms. The molecule has 3 aromatic rings. The third-order valence-corrected chi connectivity index (χ3v) is 4.17. The summed E-state index contributed by atoms with van der Waals surface area (Å²) in [5, 5.41) is 14.3.